The van der Waals surface area contributed by atoms with Crippen LogP contribution in [0.25, 0.3) is 10.6 Å². The van der Waals surface area contributed by atoms with Crippen LogP contribution >= 0.6 is 11.3 Å². The molecular weight excluding hydrogens is 242 g/mol. The highest BCUT2D eigenvalue weighted by molar-refractivity contribution is 7.13. The average molecular weight is 261 g/mol. The predicted octanol–water partition coefficient (Wildman–Crippen LogP) is 2.76. The topological polar surface area (TPSA) is 43.8 Å². The number of nitrogens with zero attached hydrogens (tertiary/aromatic N) is 2. The van der Waals surface area contributed by atoms with Crippen molar-refractivity contribution in [3.63, 3.8) is 0 Å². The Hall–Kier alpha value is -1.13. The molecule has 2 aromatic heterocycles. The fourth-order valence-corrected chi connectivity index (χ4v) is 3.67. The molecule has 0 aliphatic carbocycles. The molecule has 0 amide bonds. The fourth-order valence-electron chi connectivity index (χ4n) is 2.73. The molecule has 0 atom stereocenters. The minimum Gasteiger partial charge on any atom is -0.331 e. The van der Waals surface area contributed by atoms with Crippen LogP contribution in [0.4, 0.5) is 0 Å². The number of rotatable bonds is 3. The van der Waals surface area contributed by atoms with Crippen molar-refractivity contribution in [2.24, 2.45) is 5.73 Å². The van der Waals surface area contributed by atoms with Gasteiger partial charge in [0, 0.05) is 25.1 Å². The van der Waals surface area contributed by atoms with E-state index in [4.69, 9.17) is 10.7 Å². The van der Waals surface area contributed by atoms with Crippen molar-refractivity contribution >= 4 is 11.3 Å². The minimum atomic E-state index is 0.697. The molecule has 0 bridgehead atoms. The van der Waals surface area contributed by atoms with Crippen LogP contribution in [0.2, 0.25) is 0 Å². The van der Waals surface area contributed by atoms with E-state index in [0.29, 0.717) is 6.54 Å². The second kappa shape index (κ2) is 4.86. The molecule has 1 aliphatic rings. The molecule has 0 aromatic carbocycles. The highest BCUT2D eigenvalue weighted by Gasteiger charge is 2.21. The maximum atomic E-state index is 5.78. The SMILES string of the molecule is Cc1ccsc1-c1nc2n(c1CCN)CCCC2. The average Bonchev–Trinajstić information content (AvgIpc) is 2.94. The lowest BCUT2D eigenvalue weighted by atomic mass is 10.1. The smallest absolute Gasteiger partial charge is 0.109 e. The van der Waals surface area contributed by atoms with Crippen molar-refractivity contribution in [2.75, 3.05) is 6.54 Å². The van der Waals surface area contributed by atoms with E-state index in [9.17, 15) is 0 Å². The number of aromatic nitrogens is 2. The van der Waals surface area contributed by atoms with Crippen molar-refractivity contribution in [1.29, 1.82) is 0 Å². The van der Waals surface area contributed by atoms with E-state index in [1.54, 1.807) is 11.3 Å². The predicted molar refractivity (Wildman–Crippen MR) is 76.0 cm³/mol. The molecule has 0 unspecified atom stereocenters. The first-order valence-electron chi connectivity index (χ1n) is 6.64. The van der Waals surface area contributed by atoms with Gasteiger partial charge in [0.05, 0.1) is 4.88 Å². The molecule has 3 rings (SSSR count). The summed E-state index contributed by atoms with van der Waals surface area (Å²) in [6.45, 7) is 3.97. The van der Waals surface area contributed by atoms with Gasteiger partial charge in [0.2, 0.25) is 0 Å². The Morgan fingerprint density at radius 3 is 3.06 bits per heavy atom. The summed E-state index contributed by atoms with van der Waals surface area (Å²) in [7, 11) is 0. The molecule has 1 aliphatic heterocycles. The molecule has 18 heavy (non-hydrogen) atoms. The van der Waals surface area contributed by atoms with Gasteiger partial charge < -0.3 is 10.3 Å². The van der Waals surface area contributed by atoms with Crippen LogP contribution in [0.3, 0.4) is 0 Å². The summed E-state index contributed by atoms with van der Waals surface area (Å²) in [6, 6.07) is 2.17. The first kappa shape index (κ1) is 11.9. The summed E-state index contributed by atoms with van der Waals surface area (Å²) in [5.74, 6) is 1.26. The lowest BCUT2D eigenvalue weighted by molar-refractivity contribution is 0.508. The molecule has 0 saturated carbocycles. The van der Waals surface area contributed by atoms with Gasteiger partial charge in [-0.3, -0.25) is 0 Å². The third kappa shape index (κ3) is 1.89. The summed E-state index contributed by atoms with van der Waals surface area (Å²) in [6.07, 6.45) is 4.58. The van der Waals surface area contributed by atoms with E-state index in [1.807, 2.05) is 0 Å². The fraction of sp³-hybridized carbons (Fsp3) is 0.500. The Balaban J connectivity index is 2.13. The zero-order valence-electron chi connectivity index (χ0n) is 10.8. The monoisotopic (exact) mass is 261 g/mol. The summed E-state index contributed by atoms with van der Waals surface area (Å²) in [5, 5.41) is 2.15. The zero-order chi connectivity index (χ0) is 12.5. The Morgan fingerprint density at radius 2 is 2.33 bits per heavy atom. The minimum absolute atomic E-state index is 0.697. The second-order valence-electron chi connectivity index (χ2n) is 4.90. The quantitative estimate of drug-likeness (QED) is 0.923. The van der Waals surface area contributed by atoms with E-state index in [2.05, 4.69) is 22.9 Å². The van der Waals surface area contributed by atoms with Crippen LogP contribution in [-0.2, 0) is 19.4 Å². The molecule has 2 N–H and O–H groups in total. The Morgan fingerprint density at radius 1 is 1.44 bits per heavy atom. The van der Waals surface area contributed by atoms with Gasteiger partial charge in [-0.1, -0.05) is 0 Å². The Bertz CT molecular complexity index is 553. The first-order chi connectivity index (χ1) is 8.81. The van der Waals surface area contributed by atoms with Gasteiger partial charge in [0.15, 0.2) is 0 Å². The standard InChI is InChI=1S/C14H19N3S/c1-10-6-9-18-14(10)13-11(5-7-15)17-8-3-2-4-12(17)16-13/h6,9H,2-5,7-8,15H2,1H3. The number of fused-ring (bicyclic) bond motifs is 1. The first-order valence-corrected chi connectivity index (χ1v) is 7.52. The van der Waals surface area contributed by atoms with Gasteiger partial charge in [0.25, 0.3) is 0 Å². The highest BCUT2D eigenvalue weighted by atomic mass is 32.1. The number of imidazole rings is 1. The van der Waals surface area contributed by atoms with Crippen LogP contribution in [-0.4, -0.2) is 16.1 Å². The van der Waals surface area contributed by atoms with Crippen molar-refractivity contribution in [3.05, 3.63) is 28.5 Å². The van der Waals surface area contributed by atoms with Crippen LogP contribution in [0, 0.1) is 6.92 Å². The van der Waals surface area contributed by atoms with Crippen LogP contribution in [0.5, 0.6) is 0 Å². The van der Waals surface area contributed by atoms with Gasteiger partial charge in [0.1, 0.15) is 11.5 Å². The van der Waals surface area contributed by atoms with E-state index >= 15 is 0 Å². The Kier molecular flexibility index (Phi) is 3.22. The van der Waals surface area contributed by atoms with E-state index in [-0.39, 0.29) is 0 Å². The molecule has 3 heterocycles. The molecule has 96 valence electrons. The van der Waals surface area contributed by atoms with Gasteiger partial charge in [-0.15, -0.1) is 11.3 Å². The van der Waals surface area contributed by atoms with Gasteiger partial charge in [-0.05, 0) is 43.3 Å². The molecule has 0 spiro atoms. The number of nitrogens with two attached hydrogens (primary N) is 1. The van der Waals surface area contributed by atoms with Gasteiger partial charge >= 0.3 is 0 Å². The second-order valence-corrected chi connectivity index (χ2v) is 5.82. The van der Waals surface area contributed by atoms with E-state index in [1.165, 1.54) is 40.5 Å². The van der Waals surface area contributed by atoms with Gasteiger partial charge in [-0.2, -0.15) is 0 Å². The van der Waals surface area contributed by atoms with E-state index < -0.39 is 0 Å². The highest BCUT2D eigenvalue weighted by Crippen LogP contribution is 2.33. The zero-order valence-corrected chi connectivity index (χ0v) is 11.6. The number of hydrogen-bond donors (Lipinski definition) is 1. The van der Waals surface area contributed by atoms with Crippen molar-refractivity contribution in [2.45, 2.75) is 39.2 Å². The summed E-state index contributed by atoms with van der Waals surface area (Å²) in [5.41, 5.74) is 9.63. The molecule has 3 nitrogen and oxygen atoms in total. The van der Waals surface area contributed by atoms with Crippen LogP contribution < -0.4 is 5.73 Å². The normalized spacial score (nSPS) is 14.8. The largest absolute Gasteiger partial charge is 0.331 e. The Labute approximate surface area is 112 Å². The van der Waals surface area contributed by atoms with Crippen LogP contribution in [0.15, 0.2) is 11.4 Å². The maximum absolute atomic E-state index is 5.78. The van der Waals surface area contributed by atoms with Gasteiger partial charge in [-0.25, -0.2) is 4.98 Å². The van der Waals surface area contributed by atoms with Crippen molar-refractivity contribution in [3.8, 4) is 10.6 Å². The van der Waals surface area contributed by atoms with Crippen LogP contribution in [0.1, 0.15) is 29.9 Å². The van der Waals surface area contributed by atoms with E-state index in [0.717, 1.165) is 19.4 Å². The molecule has 0 fully saturated rings. The molecule has 0 saturated heterocycles. The summed E-state index contributed by atoms with van der Waals surface area (Å²) >= 11 is 1.79. The molecule has 0 radical (unpaired) electrons. The van der Waals surface area contributed by atoms with Crippen molar-refractivity contribution in [1.82, 2.24) is 9.55 Å². The summed E-state index contributed by atoms with van der Waals surface area (Å²) < 4.78 is 2.41. The number of thiophene rings is 1. The number of hydrogen-bond acceptors (Lipinski definition) is 3. The third-order valence-corrected chi connectivity index (χ3v) is 4.67. The third-order valence-electron chi connectivity index (χ3n) is 3.64. The molecular formula is C14H19N3S. The lowest BCUT2D eigenvalue weighted by Gasteiger charge is -2.16. The lowest BCUT2D eigenvalue weighted by Crippen LogP contribution is -2.15. The summed E-state index contributed by atoms with van der Waals surface area (Å²) in [4.78, 5) is 6.21. The molecule has 4 heteroatoms. The van der Waals surface area contributed by atoms with Crippen molar-refractivity contribution < 1.29 is 0 Å². The molecule has 2 aromatic rings. The number of aryl methyl sites for hydroxylation is 2. The maximum Gasteiger partial charge on any atom is 0.109 e.